The lowest BCUT2D eigenvalue weighted by Crippen LogP contribution is -2.44. The van der Waals surface area contributed by atoms with Crippen molar-refractivity contribution in [3.05, 3.63) is 35.6 Å². The van der Waals surface area contributed by atoms with Crippen LogP contribution in [-0.4, -0.2) is 42.8 Å². The zero-order chi connectivity index (χ0) is 20.3. The summed E-state index contributed by atoms with van der Waals surface area (Å²) in [6, 6.07) is 5.88. The van der Waals surface area contributed by atoms with Gasteiger partial charge in [-0.05, 0) is 29.9 Å². The molecule has 0 radical (unpaired) electrons. The summed E-state index contributed by atoms with van der Waals surface area (Å²) >= 11 is 0. The first-order valence-electron chi connectivity index (χ1n) is 9.55. The predicted molar refractivity (Wildman–Crippen MR) is 107 cm³/mol. The van der Waals surface area contributed by atoms with Gasteiger partial charge in [-0.2, -0.15) is 8.42 Å². The second-order valence-corrected chi connectivity index (χ2v) is 10.4. The summed E-state index contributed by atoms with van der Waals surface area (Å²) in [5.41, 5.74) is -0.102. The number of fused-ring (bicyclic) bond motifs is 1. The molecular weight excluding hydrogens is 378 g/mol. The minimum Gasteiger partial charge on any atom is -0.509 e. The van der Waals surface area contributed by atoms with Crippen LogP contribution in [0.15, 0.2) is 44.9 Å². The van der Waals surface area contributed by atoms with E-state index in [0.717, 1.165) is 6.42 Å². The summed E-state index contributed by atoms with van der Waals surface area (Å²) in [6.07, 6.45) is 3.25. The number of carbonyl (C=O) groups is 1. The van der Waals surface area contributed by atoms with Crippen LogP contribution in [0.3, 0.4) is 0 Å². The molecule has 1 atom stereocenters. The van der Waals surface area contributed by atoms with Gasteiger partial charge in [0.05, 0.1) is 11.7 Å². The van der Waals surface area contributed by atoms with E-state index in [-0.39, 0.29) is 28.0 Å². The number of amides is 1. The van der Waals surface area contributed by atoms with Crippen LogP contribution in [0.5, 0.6) is 0 Å². The molecule has 0 aromatic heterocycles. The molecule has 2 heterocycles. The van der Waals surface area contributed by atoms with Crippen LogP contribution in [0, 0.1) is 11.3 Å². The van der Waals surface area contributed by atoms with Gasteiger partial charge in [0.2, 0.25) is 0 Å². The molecule has 0 bridgehead atoms. The number of nitrogens with zero attached hydrogens (tertiary/aromatic N) is 2. The van der Waals surface area contributed by atoms with Crippen molar-refractivity contribution in [2.45, 2.75) is 51.0 Å². The molecule has 28 heavy (non-hydrogen) atoms. The van der Waals surface area contributed by atoms with Gasteiger partial charge >= 0.3 is 0 Å². The third kappa shape index (κ3) is 3.19. The Kier molecular flexibility index (Phi) is 4.30. The van der Waals surface area contributed by atoms with Crippen LogP contribution >= 0.6 is 0 Å². The summed E-state index contributed by atoms with van der Waals surface area (Å²) in [5, 5.41) is 13.9. The van der Waals surface area contributed by atoms with Gasteiger partial charge in [0, 0.05) is 6.54 Å². The molecule has 1 aromatic rings. The van der Waals surface area contributed by atoms with Gasteiger partial charge in [0.1, 0.15) is 16.2 Å². The number of aliphatic hydroxyl groups excluding tert-OH is 1. The second kappa shape index (κ2) is 6.34. The number of amidine groups is 1. The molecule has 4 rings (SSSR count). The Bertz CT molecular complexity index is 1000. The largest absolute Gasteiger partial charge is 0.509 e. The normalized spacial score (nSPS) is 24.1. The molecule has 1 saturated carbocycles. The lowest BCUT2D eigenvalue weighted by atomic mass is 9.85. The highest BCUT2D eigenvalue weighted by atomic mass is 32.2. The first kappa shape index (κ1) is 19.0. The molecule has 1 fully saturated rings. The maximum atomic E-state index is 13.2. The van der Waals surface area contributed by atoms with Crippen molar-refractivity contribution in [1.82, 2.24) is 4.90 Å². The van der Waals surface area contributed by atoms with Crippen molar-refractivity contribution in [1.29, 1.82) is 0 Å². The van der Waals surface area contributed by atoms with E-state index in [9.17, 15) is 18.3 Å². The number of aliphatic hydroxyl groups is 1. The minimum absolute atomic E-state index is 0.0474. The summed E-state index contributed by atoms with van der Waals surface area (Å²) in [7, 11) is -3.95. The highest BCUT2D eigenvalue weighted by molar-refractivity contribution is 7.90. The van der Waals surface area contributed by atoms with Crippen molar-refractivity contribution >= 4 is 27.5 Å². The first-order chi connectivity index (χ1) is 13.1. The van der Waals surface area contributed by atoms with Crippen molar-refractivity contribution in [2.24, 2.45) is 15.7 Å². The lowest BCUT2D eigenvalue weighted by Gasteiger charge is -2.35. The maximum Gasteiger partial charge on any atom is 0.286 e. The zero-order valence-electron chi connectivity index (χ0n) is 16.3. The van der Waals surface area contributed by atoms with Gasteiger partial charge in [-0.1, -0.05) is 45.7 Å². The van der Waals surface area contributed by atoms with Gasteiger partial charge in [-0.15, -0.1) is 4.40 Å². The third-order valence-electron chi connectivity index (χ3n) is 5.46. The van der Waals surface area contributed by atoms with Gasteiger partial charge in [0.15, 0.2) is 5.84 Å². The van der Waals surface area contributed by atoms with Crippen LogP contribution in [0.1, 0.15) is 40.0 Å². The van der Waals surface area contributed by atoms with E-state index in [1.165, 1.54) is 18.9 Å². The standard InChI is InChI=1S/C20H25N3O4S/c1-20(2,3)17-16(24)15(19(25)23(17)11-10-12-8-9-12)18-21-13-6-4-5-7-14(13)28(26,27)22-18/h4-7,12,17,24H,8-11H2,1-3H3,(H,21,22)/t17-/m1/s1. The SMILES string of the molecule is CC(C)(C)[C@H]1C(O)=C(C2=NS(=O)(=O)c3ccccc3N2)C(=O)N1CCC1CC1. The van der Waals surface area contributed by atoms with Crippen molar-refractivity contribution in [2.75, 3.05) is 11.9 Å². The molecule has 0 unspecified atom stereocenters. The first-order valence-corrected chi connectivity index (χ1v) is 11.0. The Labute approximate surface area is 165 Å². The number of carbonyl (C=O) groups excluding carboxylic acids is 1. The van der Waals surface area contributed by atoms with Crippen molar-refractivity contribution in [3.63, 3.8) is 0 Å². The number of sulfonamides is 1. The van der Waals surface area contributed by atoms with E-state index in [2.05, 4.69) is 9.71 Å². The third-order valence-corrected chi connectivity index (χ3v) is 6.80. The fourth-order valence-electron chi connectivity index (χ4n) is 3.94. The Morgan fingerprint density at radius 3 is 2.57 bits per heavy atom. The Hall–Kier alpha value is -2.35. The molecule has 1 amide bonds. The fraction of sp³-hybridized carbons (Fsp3) is 0.500. The zero-order valence-corrected chi connectivity index (χ0v) is 17.1. The highest BCUT2D eigenvalue weighted by Gasteiger charge is 2.48. The molecule has 1 aliphatic carbocycles. The Balaban J connectivity index is 1.75. The molecule has 3 aliphatic rings. The molecule has 0 spiro atoms. The van der Waals surface area contributed by atoms with E-state index in [0.29, 0.717) is 18.2 Å². The number of rotatable bonds is 4. The molecule has 2 aliphatic heterocycles. The van der Waals surface area contributed by atoms with Crippen molar-refractivity contribution in [3.8, 4) is 0 Å². The van der Waals surface area contributed by atoms with Gasteiger partial charge < -0.3 is 15.3 Å². The fourth-order valence-corrected chi connectivity index (χ4v) is 5.06. The van der Waals surface area contributed by atoms with Crippen LogP contribution < -0.4 is 5.32 Å². The van der Waals surface area contributed by atoms with E-state index < -0.39 is 21.5 Å². The Morgan fingerprint density at radius 2 is 1.93 bits per heavy atom. The molecule has 1 aromatic carbocycles. The topological polar surface area (TPSA) is 99.1 Å². The number of anilines is 1. The second-order valence-electron chi connectivity index (χ2n) is 8.80. The molecular formula is C20H25N3O4S. The summed E-state index contributed by atoms with van der Waals surface area (Å²) in [6.45, 7) is 6.40. The molecule has 7 nitrogen and oxygen atoms in total. The van der Waals surface area contributed by atoms with E-state index in [1.54, 1.807) is 23.1 Å². The number of nitrogens with one attached hydrogen (secondary N) is 1. The van der Waals surface area contributed by atoms with E-state index in [4.69, 9.17) is 0 Å². The number of benzene rings is 1. The highest BCUT2D eigenvalue weighted by Crippen LogP contribution is 2.40. The van der Waals surface area contributed by atoms with Crippen molar-refractivity contribution < 1.29 is 18.3 Å². The number of hydrogen-bond acceptors (Lipinski definition) is 5. The summed E-state index contributed by atoms with van der Waals surface area (Å²) in [4.78, 5) is 14.9. The maximum absolute atomic E-state index is 13.2. The summed E-state index contributed by atoms with van der Waals surface area (Å²) in [5.74, 6) is 0.0365. The van der Waals surface area contributed by atoms with Crippen LogP contribution in [0.4, 0.5) is 5.69 Å². The average molecular weight is 404 g/mol. The smallest absolute Gasteiger partial charge is 0.286 e. The molecule has 0 saturated heterocycles. The van der Waals surface area contributed by atoms with Gasteiger partial charge in [-0.3, -0.25) is 4.79 Å². The van der Waals surface area contributed by atoms with E-state index in [1.807, 2.05) is 20.8 Å². The quantitative estimate of drug-likeness (QED) is 0.805. The monoisotopic (exact) mass is 403 g/mol. The van der Waals surface area contributed by atoms with Gasteiger partial charge in [0.25, 0.3) is 15.9 Å². The van der Waals surface area contributed by atoms with Gasteiger partial charge in [-0.25, -0.2) is 0 Å². The predicted octanol–water partition coefficient (Wildman–Crippen LogP) is 3.07. The summed E-state index contributed by atoms with van der Waals surface area (Å²) < 4.78 is 29.0. The van der Waals surface area contributed by atoms with Crippen LogP contribution in [-0.2, 0) is 14.8 Å². The Morgan fingerprint density at radius 1 is 1.25 bits per heavy atom. The lowest BCUT2D eigenvalue weighted by molar-refractivity contribution is -0.128. The number of para-hydroxylation sites is 1. The molecule has 8 heteroatoms. The minimum atomic E-state index is -3.95. The average Bonchev–Trinajstić information content (AvgIpc) is 3.37. The number of hydrogen-bond donors (Lipinski definition) is 2. The molecule has 150 valence electrons. The molecule has 2 N–H and O–H groups in total. The van der Waals surface area contributed by atoms with E-state index >= 15 is 0 Å². The van der Waals surface area contributed by atoms with Crippen LogP contribution in [0.2, 0.25) is 0 Å². The van der Waals surface area contributed by atoms with Crippen LogP contribution in [0.25, 0.3) is 0 Å².